The second-order valence-corrected chi connectivity index (χ2v) is 9.28. The maximum absolute atomic E-state index is 13.4. The lowest BCUT2D eigenvalue weighted by molar-refractivity contribution is -0.132. The van der Waals surface area contributed by atoms with Crippen molar-refractivity contribution in [2.24, 2.45) is 0 Å². The van der Waals surface area contributed by atoms with Crippen LogP contribution in [0.5, 0.6) is 11.5 Å². The van der Waals surface area contributed by atoms with Gasteiger partial charge in [-0.3, -0.25) is 14.5 Å². The van der Waals surface area contributed by atoms with Crippen molar-refractivity contribution in [3.8, 4) is 11.5 Å². The van der Waals surface area contributed by atoms with E-state index in [0.29, 0.717) is 34.9 Å². The van der Waals surface area contributed by atoms with Gasteiger partial charge in [0.05, 0.1) is 25.3 Å². The van der Waals surface area contributed by atoms with Crippen LogP contribution >= 0.6 is 15.9 Å². The van der Waals surface area contributed by atoms with E-state index >= 15 is 0 Å². The SMILES string of the molecule is CCOc1cc(C2/C(=C(/O)c3ccc(Br)cc3)C(=O)C(=O)N2c2cc(C)cc(C)c2)ccc1OC. The molecule has 1 aliphatic heterocycles. The van der Waals surface area contributed by atoms with Crippen LogP contribution in [-0.2, 0) is 9.59 Å². The molecule has 1 fully saturated rings. The fourth-order valence-electron chi connectivity index (χ4n) is 4.40. The number of amides is 1. The summed E-state index contributed by atoms with van der Waals surface area (Å²) in [5.74, 6) is -0.661. The first-order valence-electron chi connectivity index (χ1n) is 11.2. The van der Waals surface area contributed by atoms with Crippen molar-refractivity contribution in [3.63, 3.8) is 0 Å². The first-order chi connectivity index (χ1) is 16.7. The number of hydrogen-bond acceptors (Lipinski definition) is 5. The second kappa shape index (κ2) is 9.96. The number of halogens is 1. The van der Waals surface area contributed by atoms with Gasteiger partial charge in [0, 0.05) is 15.7 Å². The third-order valence-electron chi connectivity index (χ3n) is 5.85. The number of carbonyl (C=O) groups is 2. The number of nitrogens with zero attached hydrogens (tertiary/aromatic N) is 1. The van der Waals surface area contributed by atoms with E-state index in [4.69, 9.17) is 9.47 Å². The molecule has 7 heteroatoms. The number of methoxy groups -OCH3 is 1. The number of ketones is 1. The molecule has 6 nitrogen and oxygen atoms in total. The average molecular weight is 536 g/mol. The highest BCUT2D eigenvalue weighted by Gasteiger charge is 2.47. The zero-order valence-electron chi connectivity index (χ0n) is 20.0. The zero-order valence-corrected chi connectivity index (χ0v) is 21.5. The van der Waals surface area contributed by atoms with Gasteiger partial charge in [-0.1, -0.05) is 40.2 Å². The number of Topliss-reactive ketones (excluding diaryl/α,β-unsaturated/α-hetero) is 1. The Labute approximate surface area is 212 Å². The van der Waals surface area contributed by atoms with Gasteiger partial charge in [0.1, 0.15) is 5.76 Å². The van der Waals surface area contributed by atoms with E-state index in [2.05, 4.69) is 15.9 Å². The van der Waals surface area contributed by atoms with Crippen LogP contribution in [-0.4, -0.2) is 30.5 Å². The molecule has 1 unspecified atom stereocenters. The molecule has 0 saturated carbocycles. The quantitative estimate of drug-likeness (QED) is 0.234. The van der Waals surface area contributed by atoms with Crippen molar-refractivity contribution in [3.05, 3.63) is 93.0 Å². The van der Waals surface area contributed by atoms with Crippen LogP contribution in [0.15, 0.2) is 70.7 Å². The minimum absolute atomic E-state index is 0.0177. The Morgan fingerprint density at radius 1 is 0.971 bits per heavy atom. The Morgan fingerprint density at radius 3 is 2.23 bits per heavy atom. The smallest absolute Gasteiger partial charge is 0.300 e. The van der Waals surface area contributed by atoms with Crippen molar-refractivity contribution >= 4 is 39.1 Å². The van der Waals surface area contributed by atoms with Crippen LogP contribution in [0.3, 0.4) is 0 Å². The molecule has 35 heavy (non-hydrogen) atoms. The van der Waals surface area contributed by atoms with Crippen molar-refractivity contribution in [2.45, 2.75) is 26.8 Å². The third kappa shape index (κ3) is 4.68. The van der Waals surface area contributed by atoms with Gasteiger partial charge in [0.25, 0.3) is 11.7 Å². The number of ether oxygens (including phenoxy) is 2. The van der Waals surface area contributed by atoms with Crippen LogP contribution < -0.4 is 14.4 Å². The van der Waals surface area contributed by atoms with E-state index in [1.54, 1.807) is 49.6 Å². The van der Waals surface area contributed by atoms with E-state index in [-0.39, 0.29) is 11.3 Å². The fourth-order valence-corrected chi connectivity index (χ4v) is 4.66. The monoisotopic (exact) mass is 535 g/mol. The van der Waals surface area contributed by atoms with Crippen LogP contribution in [0.1, 0.15) is 35.2 Å². The van der Waals surface area contributed by atoms with Crippen molar-refractivity contribution in [1.82, 2.24) is 0 Å². The molecule has 0 bridgehead atoms. The lowest BCUT2D eigenvalue weighted by Gasteiger charge is -2.26. The standard InChI is InChI=1S/C28H26BrNO5/c1-5-35-23-15-19(8-11-22(23)34-4)25-24(26(31)18-6-9-20(29)10-7-18)27(32)28(33)30(25)21-13-16(2)12-17(3)14-21/h6-15,25,31H,5H2,1-4H3/b26-24-. The van der Waals surface area contributed by atoms with Crippen molar-refractivity contribution in [1.29, 1.82) is 0 Å². The second-order valence-electron chi connectivity index (χ2n) is 8.37. The molecule has 4 rings (SSSR count). The van der Waals surface area contributed by atoms with Crippen molar-refractivity contribution in [2.75, 3.05) is 18.6 Å². The molecule has 1 amide bonds. The van der Waals surface area contributed by atoms with E-state index in [9.17, 15) is 14.7 Å². The van der Waals surface area contributed by atoms with E-state index in [0.717, 1.165) is 15.6 Å². The van der Waals surface area contributed by atoms with E-state index < -0.39 is 17.7 Å². The summed E-state index contributed by atoms with van der Waals surface area (Å²) in [4.78, 5) is 28.2. The largest absolute Gasteiger partial charge is 0.507 e. The molecule has 1 aliphatic rings. The summed E-state index contributed by atoms with van der Waals surface area (Å²) < 4.78 is 12.0. The van der Waals surface area contributed by atoms with Gasteiger partial charge in [0.15, 0.2) is 11.5 Å². The number of aliphatic hydroxyl groups is 1. The van der Waals surface area contributed by atoms with Gasteiger partial charge in [-0.25, -0.2) is 0 Å². The molecule has 1 atom stereocenters. The number of hydrogen-bond donors (Lipinski definition) is 1. The Kier molecular flexibility index (Phi) is 6.98. The van der Waals surface area contributed by atoms with Crippen molar-refractivity contribution < 1.29 is 24.2 Å². The summed E-state index contributed by atoms with van der Waals surface area (Å²) in [5, 5.41) is 11.3. The molecular weight excluding hydrogens is 510 g/mol. The van der Waals surface area contributed by atoms with Gasteiger partial charge in [0.2, 0.25) is 0 Å². The topological polar surface area (TPSA) is 76.1 Å². The van der Waals surface area contributed by atoms with Gasteiger partial charge in [-0.05, 0) is 73.9 Å². The predicted molar refractivity (Wildman–Crippen MR) is 139 cm³/mol. The minimum Gasteiger partial charge on any atom is -0.507 e. The molecule has 0 aliphatic carbocycles. The molecule has 3 aromatic carbocycles. The van der Waals surface area contributed by atoms with Gasteiger partial charge in [-0.15, -0.1) is 0 Å². The Balaban J connectivity index is 1.98. The summed E-state index contributed by atoms with van der Waals surface area (Å²) >= 11 is 3.39. The number of benzene rings is 3. The van der Waals surface area contributed by atoms with Crippen LogP contribution in [0, 0.1) is 13.8 Å². The maximum atomic E-state index is 13.4. The summed E-state index contributed by atoms with van der Waals surface area (Å²) in [7, 11) is 1.55. The number of aryl methyl sites for hydroxylation is 2. The van der Waals surface area contributed by atoms with Gasteiger partial charge >= 0.3 is 0 Å². The third-order valence-corrected chi connectivity index (χ3v) is 6.38. The summed E-state index contributed by atoms with van der Waals surface area (Å²) in [6, 6.07) is 17.1. The predicted octanol–water partition coefficient (Wildman–Crippen LogP) is 6.10. The van der Waals surface area contributed by atoms with E-state index in [1.165, 1.54) is 4.90 Å². The first-order valence-corrected chi connectivity index (χ1v) is 12.0. The van der Waals surface area contributed by atoms with Crippen LogP contribution in [0.4, 0.5) is 5.69 Å². The number of carbonyl (C=O) groups excluding carboxylic acids is 2. The van der Waals surface area contributed by atoms with Gasteiger partial charge in [-0.2, -0.15) is 0 Å². The Morgan fingerprint density at radius 2 is 1.63 bits per heavy atom. The highest BCUT2D eigenvalue weighted by Crippen LogP contribution is 2.44. The maximum Gasteiger partial charge on any atom is 0.300 e. The molecule has 3 aromatic rings. The molecule has 180 valence electrons. The summed E-state index contributed by atoms with van der Waals surface area (Å²) in [5.41, 5.74) is 3.57. The highest BCUT2D eigenvalue weighted by atomic mass is 79.9. The van der Waals surface area contributed by atoms with Crippen LogP contribution in [0.25, 0.3) is 5.76 Å². The summed E-state index contributed by atoms with van der Waals surface area (Å²) in [6.07, 6.45) is 0. The van der Waals surface area contributed by atoms with E-state index in [1.807, 2.05) is 39.0 Å². The molecule has 1 N–H and O–H groups in total. The fraction of sp³-hybridized carbons (Fsp3) is 0.214. The first kappa shape index (κ1) is 24.5. The lowest BCUT2D eigenvalue weighted by atomic mass is 9.94. The number of rotatable bonds is 6. The molecule has 1 heterocycles. The average Bonchev–Trinajstić information content (AvgIpc) is 3.09. The molecule has 0 radical (unpaired) electrons. The molecule has 1 saturated heterocycles. The van der Waals surface area contributed by atoms with Gasteiger partial charge < -0.3 is 14.6 Å². The zero-order chi connectivity index (χ0) is 25.3. The number of anilines is 1. The molecule has 0 aromatic heterocycles. The van der Waals surface area contributed by atoms with Crippen LogP contribution in [0.2, 0.25) is 0 Å². The number of aliphatic hydroxyl groups excluding tert-OH is 1. The Hall–Kier alpha value is -3.58. The highest BCUT2D eigenvalue weighted by molar-refractivity contribution is 9.10. The lowest BCUT2D eigenvalue weighted by Crippen LogP contribution is -2.29. The molecule has 0 spiro atoms. The Bertz CT molecular complexity index is 1310. The normalized spacial score (nSPS) is 17.1. The molecular formula is C28H26BrNO5. The minimum atomic E-state index is -0.857. The summed E-state index contributed by atoms with van der Waals surface area (Å²) in [6.45, 7) is 6.15.